The van der Waals surface area contributed by atoms with E-state index in [0.717, 1.165) is 0 Å². The van der Waals surface area contributed by atoms with E-state index in [0.29, 0.717) is 11.4 Å². The van der Waals surface area contributed by atoms with E-state index < -0.39 is 11.0 Å². The number of aryl methyl sites for hydroxylation is 1. The van der Waals surface area contributed by atoms with E-state index in [1.54, 1.807) is 26.0 Å². The number of anilines is 1. The van der Waals surface area contributed by atoms with Gasteiger partial charge in [-0.25, -0.2) is 0 Å². The number of benzene rings is 1. The fourth-order valence-corrected chi connectivity index (χ4v) is 1.89. The van der Waals surface area contributed by atoms with Crippen LogP contribution in [-0.4, -0.2) is 25.7 Å². The van der Waals surface area contributed by atoms with Crippen LogP contribution in [0.5, 0.6) is 5.75 Å². The third-order valence-corrected chi connectivity index (χ3v) is 2.96. The minimum absolute atomic E-state index is 0.0337. The first-order valence-corrected chi connectivity index (χ1v) is 6.19. The summed E-state index contributed by atoms with van der Waals surface area (Å²) in [6.07, 6.45) is 0. The quantitative estimate of drug-likeness (QED) is 0.661. The first-order valence-electron chi connectivity index (χ1n) is 6.19. The predicted octanol–water partition coefficient (Wildman–Crippen LogP) is 2.01. The third-order valence-electron chi connectivity index (χ3n) is 2.96. The zero-order valence-corrected chi connectivity index (χ0v) is 11.5. The van der Waals surface area contributed by atoms with Crippen molar-refractivity contribution in [1.29, 1.82) is 0 Å². The third kappa shape index (κ3) is 3.16. The molecule has 1 aromatic heterocycles. The number of aromatic hydroxyl groups is 1. The molecular formula is C13H14N4O4. The Balaban J connectivity index is 2.17. The Kier molecular flexibility index (Phi) is 3.88. The van der Waals surface area contributed by atoms with Crippen molar-refractivity contribution in [2.75, 3.05) is 5.32 Å². The van der Waals surface area contributed by atoms with Gasteiger partial charge in [0.1, 0.15) is 11.8 Å². The van der Waals surface area contributed by atoms with E-state index in [1.165, 1.54) is 22.9 Å². The van der Waals surface area contributed by atoms with Crippen LogP contribution in [-0.2, 0) is 4.79 Å². The fourth-order valence-electron chi connectivity index (χ4n) is 1.89. The topological polar surface area (TPSA) is 110 Å². The maximum Gasteiger partial charge on any atom is 0.390 e. The molecule has 0 saturated heterocycles. The molecule has 0 fully saturated rings. The zero-order chi connectivity index (χ0) is 15.6. The number of carbonyl (C=O) groups is 1. The number of nitrogens with one attached hydrogen (secondary N) is 1. The molecule has 110 valence electrons. The number of hydrogen-bond acceptors (Lipinski definition) is 5. The van der Waals surface area contributed by atoms with Crippen LogP contribution in [0.25, 0.3) is 0 Å². The van der Waals surface area contributed by atoms with Gasteiger partial charge in [0.25, 0.3) is 5.91 Å². The lowest BCUT2D eigenvalue weighted by atomic mass is 10.2. The average Bonchev–Trinajstić information content (AvgIpc) is 2.80. The van der Waals surface area contributed by atoms with E-state index in [2.05, 4.69) is 10.4 Å². The van der Waals surface area contributed by atoms with Crippen molar-refractivity contribution in [3.8, 4) is 5.75 Å². The van der Waals surface area contributed by atoms with Crippen LogP contribution in [0.3, 0.4) is 0 Å². The van der Waals surface area contributed by atoms with Crippen LogP contribution >= 0.6 is 0 Å². The normalized spacial score (nSPS) is 11.9. The number of nitrogens with zero attached hydrogens (tertiary/aromatic N) is 3. The van der Waals surface area contributed by atoms with Gasteiger partial charge in [-0.2, -0.15) is 4.68 Å². The molecule has 1 aromatic carbocycles. The summed E-state index contributed by atoms with van der Waals surface area (Å²) in [5, 5.41) is 26.4. The van der Waals surface area contributed by atoms with E-state index in [1.807, 2.05) is 0 Å². The van der Waals surface area contributed by atoms with Gasteiger partial charge < -0.3 is 20.5 Å². The summed E-state index contributed by atoms with van der Waals surface area (Å²) < 4.78 is 1.29. The Labute approximate surface area is 120 Å². The van der Waals surface area contributed by atoms with Crippen molar-refractivity contribution < 1.29 is 14.8 Å². The predicted molar refractivity (Wildman–Crippen MR) is 75.1 cm³/mol. The van der Waals surface area contributed by atoms with E-state index >= 15 is 0 Å². The molecular weight excluding hydrogens is 276 g/mol. The van der Waals surface area contributed by atoms with Gasteiger partial charge in [0.15, 0.2) is 0 Å². The monoisotopic (exact) mass is 290 g/mol. The van der Waals surface area contributed by atoms with Gasteiger partial charge in [-0.3, -0.25) is 4.79 Å². The second-order valence-corrected chi connectivity index (χ2v) is 4.56. The second kappa shape index (κ2) is 5.61. The van der Waals surface area contributed by atoms with E-state index in [4.69, 9.17) is 0 Å². The van der Waals surface area contributed by atoms with Gasteiger partial charge in [-0.1, -0.05) is 6.07 Å². The first kappa shape index (κ1) is 14.5. The Morgan fingerprint density at radius 2 is 2.19 bits per heavy atom. The summed E-state index contributed by atoms with van der Waals surface area (Å²) in [7, 11) is 0. The minimum Gasteiger partial charge on any atom is -0.508 e. The molecule has 8 heteroatoms. The molecule has 2 N–H and O–H groups in total. The summed E-state index contributed by atoms with van der Waals surface area (Å²) in [5.74, 6) is -0.655. The smallest absolute Gasteiger partial charge is 0.390 e. The van der Waals surface area contributed by atoms with Gasteiger partial charge in [0.05, 0.1) is 16.9 Å². The van der Waals surface area contributed by atoms with Crippen LogP contribution in [0.1, 0.15) is 18.7 Å². The molecule has 8 nitrogen and oxygen atoms in total. The number of rotatable bonds is 4. The number of carbonyl (C=O) groups excluding carboxylic acids is 1. The van der Waals surface area contributed by atoms with E-state index in [-0.39, 0.29) is 17.5 Å². The van der Waals surface area contributed by atoms with Crippen LogP contribution in [0.2, 0.25) is 0 Å². The highest BCUT2D eigenvalue weighted by molar-refractivity contribution is 5.93. The molecule has 2 aromatic rings. The average molecular weight is 290 g/mol. The summed E-state index contributed by atoms with van der Waals surface area (Å²) in [6.45, 7) is 3.22. The largest absolute Gasteiger partial charge is 0.508 e. The number of aromatic nitrogens is 2. The molecule has 0 aliphatic heterocycles. The lowest BCUT2D eigenvalue weighted by Gasteiger charge is -2.11. The number of phenols is 1. The highest BCUT2D eigenvalue weighted by atomic mass is 16.6. The summed E-state index contributed by atoms with van der Waals surface area (Å²) >= 11 is 0. The molecule has 0 spiro atoms. The van der Waals surface area contributed by atoms with Crippen molar-refractivity contribution in [2.45, 2.75) is 19.9 Å². The number of phenolic OH excluding ortho intramolecular Hbond substituents is 1. The Morgan fingerprint density at radius 3 is 2.76 bits per heavy atom. The van der Waals surface area contributed by atoms with Crippen LogP contribution in [0.15, 0.2) is 30.3 Å². The fraction of sp³-hybridized carbons (Fsp3) is 0.231. The highest BCUT2D eigenvalue weighted by Crippen LogP contribution is 2.19. The Bertz CT molecular complexity index is 695. The molecule has 0 aliphatic carbocycles. The lowest BCUT2D eigenvalue weighted by Crippen LogP contribution is -2.25. The number of hydrogen-bond donors (Lipinski definition) is 2. The van der Waals surface area contributed by atoms with Gasteiger partial charge in [-0.05, 0) is 30.9 Å². The SMILES string of the molecule is Cc1cc([N+](=O)[O-])nn1C(C)C(=O)Nc1cccc(O)c1. The molecule has 1 unspecified atom stereocenters. The minimum atomic E-state index is -0.721. The van der Waals surface area contributed by atoms with Crippen molar-refractivity contribution >= 4 is 17.4 Å². The van der Waals surface area contributed by atoms with Crippen molar-refractivity contribution in [2.24, 2.45) is 0 Å². The van der Waals surface area contributed by atoms with Gasteiger partial charge in [0.2, 0.25) is 0 Å². The molecule has 1 amide bonds. The summed E-state index contributed by atoms with van der Waals surface area (Å²) in [6, 6.07) is 6.70. The standard InChI is InChI=1S/C13H14N4O4/c1-8-6-12(17(20)21)15-16(8)9(2)13(19)14-10-4-3-5-11(18)7-10/h3-7,9,18H,1-2H3,(H,14,19). The maximum atomic E-state index is 12.1. The molecule has 1 atom stereocenters. The van der Waals surface area contributed by atoms with Gasteiger partial charge >= 0.3 is 5.82 Å². The Morgan fingerprint density at radius 1 is 1.48 bits per heavy atom. The number of amides is 1. The molecule has 0 saturated carbocycles. The van der Waals surface area contributed by atoms with Gasteiger partial charge in [0, 0.05) is 11.8 Å². The summed E-state index contributed by atoms with van der Waals surface area (Å²) in [5.41, 5.74) is 0.950. The molecule has 0 aliphatic rings. The second-order valence-electron chi connectivity index (χ2n) is 4.56. The van der Waals surface area contributed by atoms with Crippen LogP contribution < -0.4 is 5.32 Å². The van der Waals surface area contributed by atoms with Gasteiger partial charge in [-0.15, -0.1) is 0 Å². The van der Waals surface area contributed by atoms with Crippen molar-refractivity contribution in [1.82, 2.24) is 9.78 Å². The number of nitro groups is 1. The summed E-state index contributed by atoms with van der Waals surface area (Å²) in [4.78, 5) is 22.2. The van der Waals surface area contributed by atoms with Crippen LogP contribution in [0.4, 0.5) is 11.5 Å². The van der Waals surface area contributed by atoms with E-state index in [9.17, 15) is 20.0 Å². The van der Waals surface area contributed by atoms with Crippen molar-refractivity contribution in [3.63, 3.8) is 0 Å². The molecule has 1 heterocycles. The Hall–Kier alpha value is -2.90. The molecule has 21 heavy (non-hydrogen) atoms. The lowest BCUT2D eigenvalue weighted by molar-refractivity contribution is -0.389. The van der Waals surface area contributed by atoms with Crippen LogP contribution in [0, 0.1) is 17.0 Å². The van der Waals surface area contributed by atoms with Crippen molar-refractivity contribution in [3.05, 3.63) is 46.1 Å². The molecule has 2 rings (SSSR count). The highest BCUT2D eigenvalue weighted by Gasteiger charge is 2.24. The zero-order valence-electron chi connectivity index (χ0n) is 11.5. The maximum absolute atomic E-state index is 12.1. The molecule has 0 radical (unpaired) electrons. The molecule has 0 bridgehead atoms. The first-order chi connectivity index (χ1) is 9.88.